The van der Waals surface area contributed by atoms with Crippen LogP contribution in [0.15, 0.2) is 47.7 Å². The summed E-state index contributed by atoms with van der Waals surface area (Å²) < 4.78 is 1.94. The van der Waals surface area contributed by atoms with Crippen molar-refractivity contribution in [3.8, 4) is 0 Å². The van der Waals surface area contributed by atoms with Gasteiger partial charge in [0, 0.05) is 32.5 Å². The van der Waals surface area contributed by atoms with Gasteiger partial charge < -0.3 is 10.6 Å². The van der Waals surface area contributed by atoms with Crippen LogP contribution in [0.4, 0.5) is 0 Å². The molecule has 2 N–H and O–H groups in total. The van der Waals surface area contributed by atoms with E-state index in [1.165, 1.54) is 36.8 Å². The van der Waals surface area contributed by atoms with E-state index in [4.69, 9.17) is 0 Å². The van der Waals surface area contributed by atoms with E-state index in [9.17, 15) is 0 Å². The van der Waals surface area contributed by atoms with Crippen LogP contribution in [0, 0.1) is 0 Å². The van der Waals surface area contributed by atoms with Gasteiger partial charge in [-0.3, -0.25) is 9.67 Å². The molecule has 0 aliphatic carbocycles. The van der Waals surface area contributed by atoms with Crippen LogP contribution < -0.4 is 10.6 Å². The fourth-order valence-corrected chi connectivity index (χ4v) is 2.61. The van der Waals surface area contributed by atoms with Crippen molar-refractivity contribution in [1.29, 1.82) is 0 Å². The van der Waals surface area contributed by atoms with Gasteiger partial charge in [-0.2, -0.15) is 5.10 Å². The number of guanidine groups is 1. The minimum absolute atomic E-state index is 0.756. The summed E-state index contributed by atoms with van der Waals surface area (Å²) in [5.74, 6) is 0.861. The molecule has 0 saturated carbocycles. The fraction of sp³-hybridized carbons (Fsp3) is 0.474. The number of rotatable bonds is 9. The van der Waals surface area contributed by atoms with Crippen LogP contribution in [0.2, 0.25) is 0 Å². The highest BCUT2D eigenvalue weighted by molar-refractivity contribution is 5.79. The lowest BCUT2D eigenvalue weighted by molar-refractivity contribution is 0.646. The number of hydrogen-bond donors (Lipinski definition) is 2. The zero-order chi connectivity index (χ0) is 17.0. The third-order valence-corrected chi connectivity index (χ3v) is 4.00. The second-order valence-electron chi connectivity index (χ2n) is 5.89. The Bertz CT molecular complexity index is 604. The molecule has 24 heavy (non-hydrogen) atoms. The average molecular weight is 327 g/mol. The molecule has 0 aliphatic heterocycles. The smallest absolute Gasteiger partial charge is 0.191 e. The maximum atomic E-state index is 4.30. The highest BCUT2D eigenvalue weighted by Crippen LogP contribution is 2.10. The van der Waals surface area contributed by atoms with Crippen molar-refractivity contribution in [1.82, 2.24) is 20.4 Å². The van der Waals surface area contributed by atoms with Crippen molar-refractivity contribution >= 4 is 5.96 Å². The minimum Gasteiger partial charge on any atom is -0.356 e. The van der Waals surface area contributed by atoms with E-state index in [2.05, 4.69) is 51.9 Å². The van der Waals surface area contributed by atoms with Crippen LogP contribution in [-0.4, -0.2) is 29.3 Å². The van der Waals surface area contributed by atoms with Crippen molar-refractivity contribution in [2.24, 2.45) is 4.99 Å². The Morgan fingerprint density at radius 2 is 1.92 bits per heavy atom. The molecule has 0 saturated heterocycles. The molecule has 0 unspecified atom stereocenters. The largest absolute Gasteiger partial charge is 0.356 e. The number of unbranched alkanes of at least 4 members (excludes halogenated alkanes) is 3. The van der Waals surface area contributed by atoms with Gasteiger partial charge in [-0.1, -0.05) is 50.5 Å². The van der Waals surface area contributed by atoms with Crippen LogP contribution in [0.5, 0.6) is 0 Å². The Labute approximate surface area is 145 Å². The van der Waals surface area contributed by atoms with Crippen LogP contribution >= 0.6 is 0 Å². The van der Waals surface area contributed by atoms with Crippen molar-refractivity contribution in [3.63, 3.8) is 0 Å². The molecule has 2 aromatic rings. The summed E-state index contributed by atoms with van der Waals surface area (Å²) in [4.78, 5) is 4.30. The first-order valence-electron chi connectivity index (χ1n) is 8.82. The van der Waals surface area contributed by atoms with Crippen LogP contribution in [-0.2, 0) is 13.1 Å². The average Bonchev–Trinajstić information content (AvgIpc) is 3.11. The monoisotopic (exact) mass is 327 g/mol. The molecule has 0 bridgehead atoms. The predicted molar refractivity (Wildman–Crippen MR) is 100 cm³/mol. The van der Waals surface area contributed by atoms with E-state index in [1.807, 2.05) is 30.2 Å². The summed E-state index contributed by atoms with van der Waals surface area (Å²) in [5, 5.41) is 11.1. The van der Waals surface area contributed by atoms with Gasteiger partial charge in [-0.25, -0.2) is 0 Å². The first kappa shape index (κ1) is 18.0. The van der Waals surface area contributed by atoms with Gasteiger partial charge in [0.15, 0.2) is 5.96 Å². The third-order valence-electron chi connectivity index (χ3n) is 4.00. The van der Waals surface area contributed by atoms with Gasteiger partial charge in [0.2, 0.25) is 0 Å². The summed E-state index contributed by atoms with van der Waals surface area (Å²) in [6.07, 6.45) is 8.82. The van der Waals surface area contributed by atoms with Gasteiger partial charge in [-0.15, -0.1) is 0 Å². The second-order valence-corrected chi connectivity index (χ2v) is 5.89. The molecule has 5 heteroatoms. The zero-order valence-electron chi connectivity index (χ0n) is 14.8. The first-order valence-corrected chi connectivity index (χ1v) is 8.82. The number of aromatic nitrogens is 2. The van der Waals surface area contributed by atoms with E-state index in [1.54, 1.807) is 0 Å². The molecule has 0 spiro atoms. The van der Waals surface area contributed by atoms with E-state index in [0.717, 1.165) is 25.6 Å². The van der Waals surface area contributed by atoms with Gasteiger partial charge in [0.1, 0.15) is 0 Å². The van der Waals surface area contributed by atoms with Gasteiger partial charge >= 0.3 is 0 Å². The molecule has 1 aromatic heterocycles. The number of hydrogen-bond acceptors (Lipinski definition) is 2. The zero-order valence-corrected chi connectivity index (χ0v) is 14.8. The standard InChI is InChI=1S/C19H29N5/c1-3-4-5-8-12-21-19(20-2)22-15-17-10-6-7-11-18(17)16-24-14-9-13-23-24/h6-7,9-11,13-14H,3-5,8,12,15-16H2,1-2H3,(H2,20,21,22). The Morgan fingerprint density at radius 3 is 2.62 bits per heavy atom. The van der Waals surface area contributed by atoms with Gasteiger partial charge in [0.25, 0.3) is 0 Å². The topological polar surface area (TPSA) is 54.2 Å². The SMILES string of the molecule is CCCCCCNC(=NC)NCc1ccccc1Cn1cccn1. The molecule has 1 aromatic carbocycles. The van der Waals surface area contributed by atoms with Crippen molar-refractivity contribution in [2.75, 3.05) is 13.6 Å². The van der Waals surface area contributed by atoms with Crippen LogP contribution in [0.1, 0.15) is 43.7 Å². The Balaban J connectivity index is 1.84. The molecule has 0 amide bonds. The molecule has 0 fully saturated rings. The van der Waals surface area contributed by atoms with E-state index in [-0.39, 0.29) is 0 Å². The lowest BCUT2D eigenvalue weighted by atomic mass is 10.1. The lowest BCUT2D eigenvalue weighted by Gasteiger charge is -2.14. The van der Waals surface area contributed by atoms with Crippen LogP contribution in [0.25, 0.3) is 0 Å². The number of aliphatic imine (C=N–C) groups is 1. The maximum Gasteiger partial charge on any atom is 0.191 e. The van der Waals surface area contributed by atoms with Crippen molar-refractivity contribution in [2.45, 2.75) is 45.7 Å². The van der Waals surface area contributed by atoms with E-state index >= 15 is 0 Å². The lowest BCUT2D eigenvalue weighted by Crippen LogP contribution is -2.37. The quantitative estimate of drug-likeness (QED) is 0.422. The highest BCUT2D eigenvalue weighted by Gasteiger charge is 2.04. The van der Waals surface area contributed by atoms with Gasteiger partial charge in [0.05, 0.1) is 6.54 Å². The Hall–Kier alpha value is -2.30. The molecule has 0 radical (unpaired) electrons. The highest BCUT2D eigenvalue weighted by atomic mass is 15.3. The maximum absolute atomic E-state index is 4.30. The molecular weight excluding hydrogens is 298 g/mol. The molecule has 0 aliphatic rings. The third kappa shape index (κ3) is 6.07. The molecule has 1 heterocycles. The number of nitrogens with zero attached hydrogens (tertiary/aromatic N) is 3. The van der Waals surface area contributed by atoms with Crippen molar-refractivity contribution in [3.05, 3.63) is 53.9 Å². The minimum atomic E-state index is 0.756. The van der Waals surface area contributed by atoms with Crippen molar-refractivity contribution < 1.29 is 0 Å². The second kappa shape index (κ2) is 10.5. The Morgan fingerprint density at radius 1 is 1.08 bits per heavy atom. The molecule has 130 valence electrons. The molecule has 2 rings (SSSR count). The normalized spacial score (nSPS) is 11.5. The first-order chi connectivity index (χ1) is 11.8. The molecular formula is C19H29N5. The number of nitrogens with one attached hydrogen (secondary N) is 2. The number of benzene rings is 1. The molecule has 5 nitrogen and oxygen atoms in total. The fourth-order valence-electron chi connectivity index (χ4n) is 2.61. The summed E-state index contributed by atoms with van der Waals surface area (Å²) >= 11 is 0. The predicted octanol–water partition coefficient (Wildman–Crippen LogP) is 3.18. The summed E-state index contributed by atoms with van der Waals surface area (Å²) in [6.45, 7) is 4.74. The summed E-state index contributed by atoms with van der Waals surface area (Å²) in [5.41, 5.74) is 2.54. The summed E-state index contributed by atoms with van der Waals surface area (Å²) in [7, 11) is 1.82. The Kier molecular flexibility index (Phi) is 7.87. The van der Waals surface area contributed by atoms with Gasteiger partial charge in [-0.05, 0) is 23.6 Å². The van der Waals surface area contributed by atoms with E-state index < -0.39 is 0 Å². The summed E-state index contributed by atoms with van der Waals surface area (Å²) in [6, 6.07) is 10.4. The van der Waals surface area contributed by atoms with E-state index in [0.29, 0.717) is 0 Å². The van der Waals surface area contributed by atoms with Crippen LogP contribution in [0.3, 0.4) is 0 Å². The molecule has 0 atom stereocenters.